The largest absolute Gasteiger partial charge is 0.497 e. The summed E-state index contributed by atoms with van der Waals surface area (Å²) in [6, 6.07) is 7.07. The standard InChI is InChI=1S/C21H17F4N3O3/c1-30-14-8-15(22)18(16(23)9-14)28-10-17(11-2-3-11)26-21(28)27-19(29)12-4-6-13(7-5-12)31-20(24)25/h4-11,20H,2-3H2,1H3,(H,26,27,29). The normalized spacial score (nSPS) is 13.4. The first-order chi connectivity index (χ1) is 14.9. The number of anilines is 1. The molecule has 1 N–H and O–H groups in total. The van der Waals surface area contributed by atoms with Gasteiger partial charge >= 0.3 is 6.61 Å². The number of hydrogen-bond donors (Lipinski definition) is 1. The maximum Gasteiger partial charge on any atom is 0.387 e. The highest BCUT2D eigenvalue weighted by Crippen LogP contribution is 2.41. The third kappa shape index (κ3) is 4.47. The predicted octanol–water partition coefficient (Wildman–Crippen LogP) is 4.89. The zero-order chi connectivity index (χ0) is 22.1. The van der Waals surface area contributed by atoms with Crippen molar-refractivity contribution in [1.82, 2.24) is 9.55 Å². The summed E-state index contributed by atoms with van der Waals surface area (Å²) in [5, 5.41) is 2.53. The van der Waals surface area contributed by atoms with Gasteiger partial charge in [-0.3, -0.25) is 14.7 Å². The molecule has 4 rings (SSSR count). The quantitative estimate of drug-likeness (QED) is 0.537. The van der Waals surface area contributed by atoms with E-state index in [1.807, 2.05) is 0 Å². The average molecular weight is 435 g/mol. The molecule has 1 saturated carbocycles. The highest BCUT2D eigenvalue weighted by molar-refractivity contribution is 6.03. The van der Waals surface area contributed by atoms with Crippen molar-refractivity contribution in [3.05, 3.63) is 65.5 Å². The van der Waals surface area contributed by atoms with E-state index in [0.29, 0.717) is 5.69 Å². The Morgan fingerprint density at radius 2 is 1.77 bits per heavy atom. The number of aromatic nitrogens is 2. The summed E-state index contributed by atoms with van der Waals surface area (Å²) < 4.78 is 64.1. The zero-order valence-electron chi connectivity index (χ0n) is 16.2. The number of benzene rings is 2. The van der Waals surface area contributed by atoms with Crippen molar-refractivity contribution in [2.45, 2.75) is 25.4 Å². The van der Waals surface area contributed by atoms with Gasteiger partial charge in [0.2, 0.25) is 5.95 Å². The fourth-order valence-electron chi connectivity index (χ4n) is 3.08. The van der Waals surface area contributed by atoms with Crippen LogP contribution < -0.4 is 14.8 Å². The van der Waals surface area contributed by atoms with Crippen molar-refractivity contribution < 1.29 is 31.8 Å². The SMILES string of the molecule is COc1cc(F)c(-n2cc(C3CC3)nc2NC(=O)c2ccc(OC(F)F)cc2)c(F)c1. The number of rotatable bonds is 7. The van der Waals surface area contributed by atoms with E-state index in [9.17, 15) is 22.4 Å². The molecule has 0 bridgehead atoms. The first-order valence-electron chi connectivity index (χ1n) is 9.34. The van der Waals surface area contributed by atoms with Crippen molar-refractivity contribution in [2.24, 2.45) is 0 Å². The molecule has 3 aromatic rings. The zero-order valence-corrected chi connectivity index (χ0v) is 16.2. The Bertz CT molecular complexity index is 1090. The summed E-state index contributed by atoms with van der Waals surface area (Å²) in [6.07, 6.45) is 3.27. The Balaban J connectivity index is 1.65. The molecular weight excluding hydrogens is 418 g/mol. The Hall–Kier alpha value is -3.56. The highest BCUT2D eigenvalue weighted by atomic mass is 19.3. The molecule has 10 heteroatoms. The van der Waals surface area contributed by atoms with Gasteiger partial charge in [-0.05, 0) is 37.1 Å². The molecule has 1 aliphatic rings. The molecule has 0 unspecified atom stereocenters. The lowest BCUT2D eigenvalue weighted by Crippen LogP contribution is -2.16. The Labute approximate surface area is 174 Å². The fraction of sp³-hybridized carbons (Fsp3) is 0.238. The van der Waals surface area contributed by atoms with Gasteiger partial charge in [0.25, 0.3) is 5.91 Å². The summed E-state index contributed by atoms with van der Waals surface area (Å²) in [5.74, 6) is -2.41. The summed E-state index contributed by atoms with van der Waals surface area (Å²) >= 11 is 0. The first kappa shape index (κ1) is 20.7. The third-order valence-electron chi connectivity index (χ3n) is 4.75. The predicted molar refractivity (Wildman–Crippen MR) is 103 cm³/mol. The number of amides is 1. The summed E-state index contributed by atoms with van der Waals surface area (Å²) in [4.78, 5) is 17.0. The van der Waals surface area contributed by atoms with E-state index in [1.165, 1.54) is 37.6 Å². The van der Waals surface area contributed by atoms with E-state index in [1.54, 1.807) is 0 Å². The molecule has 0 radical (unpaired) electrons. The minimum atomic E-state index is -2.98. The number of imidazole rings is 1. The fourth-order valence-corrected chi connectivity index (χ4v) is 3.08. The maximum atomic E-state index is 14.6. The second-order valence-electron chi connectivity index (χ2n) is 6.93. The highest BCUT2D eigenvalue weighted by Gasteiger charge is 2.29. The van der Waals surface area contributed by atoms with Crippen LogP contribution >= 0.6 is 0 Å². The van der Waals surface area contributed by atoms with Crippen LogP contribution in [0.4, 0.5) is 23.5 Å². The van der Waals surface area contributed by atoms with Crippen molar-refractivity contribution in [1.29, 1.82) is 0 Å². The van der Waals surface area contributed by atoms with E-state index in [2.05, 4.69) is 15.0 Å². The van der Waals surface area contributed by atoms with Gasteiger partial charge in [0, 0.05) is 29.8 Å². The lowest BCUT2D eigenvalue weighted by molar-refractivity contribution is -0.0498. The molecule has 2 aromatic carbocycles. The summed E-state index contributed by atoms with van der Waals surface area (Å²) in [6.45, 7) is -2.98. The van der Waals surface area contributed by atoms with Crippen LogP contribution in [0.2, 0.25) is 0 Å². The van der Waals surface area contributed by atoms with Crippen LogP contribution in [0, 0.1) is 11.6 Å². The molecule has 0 saturated heterocycles. The van der Waals surface area contributed by atoms with Gasteiger partial charge in [-0.25, -0.2) is 13.8 Å². The minimum Gasteiger partial charge on any atom is -0.497 e. The Morgan fingerprint density at radius 3 is 2.32 bits per heavy atom. The summed E-state index contributed by atoms with van der Waals surface area (Å²) in [5.41, 5.74) is 0.321. The lowest BCUT2D eigenvalue weighted by Gasteiger charge is -2.12. The van der Waals surface area contributed by atoms with Gasteiger partial charge in [0.1, 0.15) is 17.2 Å². The van der Waals surface area contributed by atoms with Crippen molar-refractivity contribution in [2.75, 3.05) is 12.4 Å². The molecule has 31 heavy (non-hydrogen) atoms. The number of methoxy groups -OCH3 is 1. The Morgan fingerprint density at radius 1 is 1.13 bits per heavy atom. The number of ether oxygens (including phenoxy) is 2. The second-order valence-corrected chi connectivity index (χ2v) is 6.93. The van der Waals surface area contributed by atoms with Crippen molar-refractivity contribution >= 4 is 11.9 Å². The van der Waals surface area contributed by atoms with Crippen LogP contribution in [0.25, 0.3) is 5.69 Å². The molecule has 1 fully saturated rings. The van der Waals surface area contributed by atoms with Crippen LogP contribution in [-0.4, -0.2) is 29.2 Å². The van der Waals surface area contributed by atoms with E-state index < -0.39 is 29.8 Å². The number of carbonyl (C=O) groups excluding carboxylic acids is 1. The van der Waals surface area contributed by atoms with Gasteiger partial charge in [-0.2, -0.15) is 8.78 Å². The van der Waals surface area contributed by atoms with E-state index in [4.69, 9.17) is 4.74 Å². The van der Waals surface area contributed by atoms with Gasteiger partial charge < -0.3 is 9.47 Å². The molecule has 162 valence electrons. The number of carbonyl (C=O) groups is 1. The molecule has 1 aromatic heterocycles. The number of nitrogens with one attached hydrogen (secondary N) is 1. The van der Waals surface area contributed by atoms with Crippen LogP contribution in [0.3, 0.4) is 0 Å². The molecule has 0 atom stereocenters. The molecule has 6 nitrogen and oxygen atoms in total. The maximum absolute atomic E-state index is 14.6. The topological polar surface area (TPSA) is 65.4 Å². The Kier molecular flexibility index (Phi) is 5.53. The van der Waals surface area contributed by atoms with Gasteiger partial charge in [0.05, 0.1) is 12.8 Å². The van der Waals surface area contributed by atoms with E-state index in [-0.39, 0.29) is 28.9 Å². The van der Waals surface area contributed by atoms with Gasteiger partial charge in [-0.1, -0.05) is 0 Å². The number of hydrogen-bond acceptors (Lipinski definition) is 4. The molecule has 1 heterocycles. The molecular formula is C21H17F4N3O3. The van der Waals surface area contributed by atoms with Crippen LogP contribution in [0.5, 0.6) is 11.5 Å². The van der Waals surface area contributed by atoms with E-state index >= 15 is 0 Å². The van der Waals surface area contributed by atoms with Gasteiger partial charge in [0.15, 0.2) is 11.6 Å². The van der Waals surface area contributed by atoms with E-state index in [0.717, 1.165) is 29.5 Å². The first-order valence-corrected chi connectivity index (χ1v) is 9.34. The number of alkyl halides is 2. The van der Waals surface area contributed by atoms with Gasteiger partial charge in [-0.15, -0.1) is 0 Å². The van der Waals surface area contributed by atoms with Crippen LogP contribution in [-0.2, 0) is 0 Å². The van der Waals surface area contributed by atoms with Crippen molar-refractivity contribution in [3.63, 3.8) is 0 Å². The monoisotopic (exact) mass is 435 g/mol. The number of halogens is 4. The smallest absolute Gasteiger partial charge is 0.387 e. The van der Waals surface area contributed by atoms with Crippen molar-refractivity contribution in [3.8, 4) is 17.2 Å². The number of nitrogens with zero attached hydrogens (tertiary/aromatic N) is 2. The second kappa shape index (κ2) is 8.29. The lowest BCUT2D eigenvalue weighted by atomic mass is 10.2. The van der Waals surface area contributed by atoms with Crippen LogP contribution in [0.15, 0.2) is 42.6 Å². The average Bonchev–Trinajstić information content (AvgIpc) is 3.49. The van der Waals surface area contributed by atoms with Crippen LogP contribution in [0.1, 0.15) is 34.8 Å². The molecule has 0 spiro atoms. The molecule has 1 aliphatic carbocycles. The molecule has 0 aliphatic heterocycles. The third-order valence-corrected chi connectivity index (χ3v) is 4.75. The summed E-state index contributed by atoms with van der Waals surface area (Å²) in [7, 11) is 1.29. The molecule has 1 amide bonds. The minimum absolute atomic E-state index is 0.0120.